The van der Waals surface area contributed by atoms with Gasteiger partial charge < -0.3 is 4.98 Å². The molecule has 1 heterocycles. The van der Waals surface area contributed by atoms with E-state index in [1.54, 1.807) is 6.20 Å². The van der Waals surface area contributed by atoms with Gasteiger partial charge in [0.1, 0.15) is 0 Å². The van der Waals surface area contributed by atoms with Gasteiger partial charge in [0.05, 0.1) is 0 Å². The second-order valence-electron chi connectivity index (χ2n) is 1.17. The standard InChI is InChI=1S/C3H3N2.Al.2H/c1-2-5-3-4-1;;;/h1-2H,(H,4,5);;;. The molecule has 3 heteroatoms. The summed E-state index contributed by atoms with van der Waals surface area (Å²) in [7, 11) is 0. The van der Waals surface area contributed by atoms with Crippen molar-refractivity contribution in [1.82, 2.24) is 9.97 Å². The molecule has 0 aliphatic heterocycles. The van der Waals surface area contributed by atoms with Crippen LogP contribution in [0.3, 0.4) is 0 Å². The third kappa shape index (κ3) is 0.619. The number of rotatable bonds is 0. The molecule has 0 atom stereocenters. The van der Waals surface area contributed by atoms with Crippen LogP contribution in [0.25, 0.3) is 0 Å². The van der Waals surface area contributed by atoms with Gasteiger partial charge in [-0.1, -0.05) is 0 Å². The maximum Gasteiger partial charge on any atom is 0.317 e. The van der Waals surface area contributed by atoms with Crippen LogP contribution in [0, 0.1) is 0 Å². The molecular weight excluding hydrogens is 91.0 g/mol. The summed E-state index contributed by atoms with van der Waals surface area (Å²) in [5.41, 5.74) is 0. The third-order valence-corrected chi connectivity index (χ3v) is 1.18. The molecule has 0 aromatic carbocycles. The molecule has 1 N–H and O–H groups in total. The lowest BCUT2D eigenvalue weighted by molar-refractivity contribution is 1.41. The molecule has 0 spiro atoms. The zero-order chi connectivity index (χ0) is 4.41. The monoisotopic (exact) mass is 96.0 g/mol. The first kappa shape index (κ1) is 3.92. The van der Waals surface area contributed by atoms with Crippen molar-refractivity contribution in [3.8, 4) is 0 Å². The zero-order valence-electron chi connectivity index (χ0n) is 3.60. The van der Waals surface area contributed by atoms with E-state index in [2.05, 4.69) is 9.97 Å². The summed E-state index contributed by atoms with van der Waals surface area (Å²) in [6, 6.07) is 0. The van der Waals surface area contributed by atoms with Gasteiger partial charge in [-0.3, -0.25) is 4.98 Å². The number of hydrogen-bond acceptors (Lipinski definition) is 1. The summed E-state index contributed by atoms with van der Waals surface area (Å²) in [6.07, 6.45) is 3.60. The van der Waals surface area contributed by atoms with Crippen molar-refractivity contribution >= 4 is 21.0 Å². The van der Waals surface area contributed by atoms with Crippen molar-refractivity contribution in [3.05, 3.63) is 12.4 Å². The van der Waals surface area contributed by atoms with E-state index in [0.717, 1.165) is 21.0 Å². The molecule has 2 nitrogen and oxygen atoms in total. The summed E-state index contributed by atoms with van der Waals surface area (Å²) in [4.78, 5) is 6.87. The average molecular weight is 96.1 g/mol. The Kier molecular flexibility index (Phi) is 0.954. The maximum atomic E-state index is 3.92. The number of nitrogens with one attached hydrogen (secondary N) is 1. The van der Waals surface area contributed by atoms with Crippen LogP contribution in [0.4, 0.5) is 0 Å². The van der Waals surface area contributed by atoms with E-state index in [9.17, 15) is 0 Å². The van der Waals surface area contributed by atoms with E-state index in [1.165, 1.54) is 0 Å². The summed E-state index contributed by atoms with van der Waals surface area (Å²) in [6.45, 7) is 0. The first-order valence-corrected chi connectivity index (χ1v) is 2.85. The lowest BCUT2D eigenvalue weighted by Gasteiger charge is -1.69. The lowest BCUT2D eigenvalue weighted by atomic mass is 11.0. The number of aromatic amines is 1. The molecule has 0 amide bonds. The van der Waals surface area contributed by atoms with Gasteiger partial charge in [-0.05, 0) is 0 Å². The number of imidazole rings is 1. The van der Waals surface area contributed by atoms with Crippen molar-refractivity contribution in [1.29, 1.82) is 0 Å². The van der Waals surface area contributed by atoms with Crippen molar-refractivity contribution in [2.24, 2.45) is 0 Å². The Morgan fingerprint density at radius 1 is 1.83 bits per heavy atom. The molecule has 0 aliphatic rings. The maximum absolute atomic E-state index is 3.92. The summed E-state index contributed by atoms with van der Waals surface area (Å²) in [5.74, 6) is 0. The summed E-state index contributed by atoms with van der Waals surface area (Å²) >= 11 is 1.03. The largest absolute Gasteiger partial charge is 0.364 e. The van der Waals surface area contributed by atoms with Crippen molar-refractivity contribution < 1.29 is 0 Å². The first-order valence-electron chi connectivity index (χ1n) is 1.85. The fraction of sp³-hybridized carbons (Fsp3) is 0. The number of H-pyrrole nitrogens is 1. The van der Waals surface area contributed by atoms with Crippen LogP contribution in [0.2, 0.25) is 0 Å². The van der Waals surface area contributed by atoms with E-state index >= 15 is 0 Å². The third-order valence-electron chi connectivity index (χ3n) is 0.635. The van der Waals surface area contributed by atoms with Crippen molar-refractivity contribution in [3.63, 3.8) is 0 Å². The molecule has 1 aromatic rings. The average Bonchev–Trinajstić information content (AvgIpc) is 1.86. The van der Waals surface area contributed by atoms with E-state index in [-0.39, 0.29) is 0 Å². The molecule has 0 aliphatic carbocycles. The highest BCUT2D eigenvalue weighted by molar-refractivity contribution is 6.28. The molecule has 0 radical (unpaired) electrons. The van der Waals surface area contributed by atoms with Crippen LogP contribution in [0.15, 0.2) is 12.4 Å². The smallest absolute Gasteiger partial charge is 0.317 e. The van der Waals surface area contributed by atoms with Gasteiger partial charge >= 0.3 is 16.3 Å². The predicted molar refractivity (Wildman–Crippen MR) is 26.8 cm³/mol. The molecule has 1 aromatic heterocycles. The fourth-order valence-corrected chi connectivity index (χ4v) is 0.660. The molecule has 0 saturated heterocycles. The Balaban J connectivity index is 3.05. The van der Waals surface area contributed by atoms with Gasteiger partial charge in [-0.25, -0.2) is 0 Å². The highest BCUT2D eigenvalue weighted by atomic mass is 27.0. The highest BCUT2D eigenvalue weighted by Crippen LogP contribution is 1.59. The number of aromatic nitrogens is 2. The summed E-state index contributed by atoms with van der Waals surface area (Å²) in [5, 5.41) is 0. The van der Waals surface area contributed by atoms with E-state index in [0.29, 0.717) is 0 Å². The van der Waals surface area contributed by atoms with Gasteiger partial charge in [0.25, 0.3) is 0 Å². The zero-order valence-corrected chi connectivity index (χ0v) is 5.60. The Bertz CT molecular complexity index is 112. The van der Waals surface area contributed by atoms with Crippen LogP contribution >= 0.6 is 0 Å². The van der Waals surface area contributed by atoms with Gasteiger partial charge in [-0.2, -0.15) is 0 Å². The molecular formula is C3H5AlN2. The van der Waals surface area contributed by atoms with Crippen LogP contribution in [-0.4, -0.2) is 26.3 Å². The fourth-order valence-electron chi connectivity index (χ4n) is 0.344. The first-order chi connectivity index (χ1) is 2.89. The Morgan fingerprint density at radius 3 is 2.83 bits per heavy atom. The van der Waals surface area contributed by atoms with E-state index in [1.807, 2.05) is 6.20 Å². The Hall–Kier alpha value is -0.258. The normalized spacial score (nSPS) is 8.67. The number of nitrogens with zero attached hydrogens (tertiary/aromatic N) is 1. The van der Waals surface area contributed by atoms with Crippen LogP contribution in [-0.2, 0) is 0 Å². The second-order valence-corrected chi connectivity index (χ2v) is 2.12. The molecule has 6 heavy (non-hydrogen) atoms. The summed E-state index contributed by atoms with van der Waals surface area (Å²) < 4.78 is 1.11. The van der Waals surface area contributed by atoms with Gasteiger partial charge in [-0.15, -0.1) is 0 Å². The highest BCUT2D eigenvalue weighted by Gasteiger charge is 1.74. The second kappa shape index (κ2) is 1.46. The van der Waals surface area contributed by atoms with Gasteiger partial charge in [0.15, 0.2) is 0 Å². The predicted octanol–water partition coefficient (Wildman–Crippen LogP) is -1.33. The molecule has 0 bridgehead atoms. The quantitative estimate of drug-likeness (QED) is 0.398. The van der Waals surface area contributed by atoms with Crippen LogP contribution < -0.4 is 4.69 Å². The van der Waals surface area contributed by atoms with Crippen LogP contribution in [0.1, 0.15) is 0 Å². The van der Waals surface area contributed by atoms with Crippen LogP contribution in [0.5, 0.6) is 0 Å². The Morgan fingerprint density at radius 2 is 2.67 bits per heavy atom. The van der Waals surface area contributed by atoms with Crippen molar-refractivity contribution in [2.75, 3.05) is 0 Å². The minimum Gasteiger partial charge on any atom is -0.364 e. The topological polar surface area (TPSA) is 28.7 Å². The molecule has 1 rings (SSSR count). The molecule has 0 unspecified atom stereocenters. The van der Waals surface area contributed by atoms with Gasteiger partial charge in [0, 0.05) is 17.1 Å². The molecule has 0 fully saturated rings. The van der Waals surface area contributed by atoms with Crippen molar-refractivity contribution in [2.45, 2.75) is 0 Å². The Labute approximate surface area is 44.0 Å². The van der Waals surface area contributed by atoms with E-state index < -0.39 is 0 Å². The lowest BCUT2D eigenvalue weighted by Crippen LogP contribution is -2.04. The SMILES string of the molecule is [AlH2][c]1ncc[nH]1. The van der Waals surface area contributed by atoms with E-state index in [4.69, 9.17) is 0 Å². The van der Waals surface area contributed by atoms with Gasteiger partial charge in [0.2, 0.25) is 0 Å². The number of hydrogen-bond donors (Lipinski definition) is 1. The molecule has 0 saturated carbocycles. The molecule has 30 valence electrons. The minimum atomic E-state index is 1.03. The minimum absolute atomic E-state index is 1.03.